The third-order valence-corrected chi connectivity index (χ3v) is 10.2. The molecule has 3 aromatic carbocycles. The summed E-state index contributed by atoms with van der Waals surface area (Å²) in [5.41, 5.74) is 10.6. The molecule has 0 radical (unpaired) electrons. The zero-order valence-electron chi connectivity index (χ0n) is 23.3. The van der Waals surface area contributed by atoms with Gasteiger partial charge in [-0.2, -0.15) is 0 Å². The number of hydrogen-bond acceptors (Lipinski definition) is 6. The molecule has 0 bridgehead atoms. The zero-order valence-corrected chi connectivity index (χ0v) is 24.1. The summed E-state index contributed by atoms with van der Waals surface area (Å²) in [6.45, 7) is 2.47. The maximum atomic E-state index is 14.5. The Morgan fingerprint density at radius 2 is 1.76 bits per heavy atom. The van der Waals surface area contributed by atoms with Crippen LogP contribution in [0.1, 0.15) is 29.5 Å². The smallest absolute Gasteiger partial charge is 0.266 e. The number of fused-ring (bicyclic) bond motifs is 5. The van der Waals surface area contributed by atoms with E-state index in [0.717, 1.165) is 16.7 Å². The maximum Gasteiger partial charge on any atom is 0.266 e. The van der Waals surface area contributed by atoms with Crippen molar-refractivity contribution >= 4 is 27.5 Å². The Bertz CT molecular complexity index is 1700. The van der Waals surface area contributed by atoms with Crippen LogP contribution in [-0.4, -0.2) is 69.0 Å². The number of nitrogens with zero attached hydrogens (tertiary/aromatic N) is 6. The maximum absolute atomic E-state index is 14.5. The van der Waals surface area contributed by atoms with E-state index in [1.807, 2.05) is 43.3 Å². The van der Waals surface area contributed by atoms with E-state index in [0.29, 0.717) is 31.0 Å². The fourth-order valence-electron chi connectivity index (χ4n) is 6.51. The monoisotopic (exact) mass is 586 g/mol. The zero-order chi connectivity index (χ0) is 29.6. The number of sulfonamides is 1. The van der Waals surface area contributed by atoms with E-state index in [1.165, 1.54) is 26.2 Å². The number of rotatable bonds is 8. The molecule has 0 saturated carbocycles. The van der Waals surface area contributed by atoms with Gasteiger partial charge in [-0.15, -0.1) is 0 Å². The molecule has 3 atom stereocenters. The summed E-state index contributed by atoms with van der Waals surface area (Å²) in [6.07, 6.45) is -0.174. The number of carbonyl (C=O) groups excluding carboxylic acids is 2. The number of likely N-dealkylation sites (N-methyl/N-ethyl adjacent to an activating group) is 1. The Labute approximate surface area is 244 Å². The molecule has 42 heavy (non-hydrogen) atoms. The van der Waals surface area contributed by atoms with Gasteiger partial charge >= 0.3 is 0 Å². The van der Waals surface area contributed by atoms with Crippen molar-refractivity contribution in [1.82, 2.24) is 9.80 Å². The molecule has 0 aromatic heterocycles. The molecule has 6 rings (SSSR count). The second-order valence-corrected chi connectivity index (χ2v) is 12.7. The highest BCUT2D eigenvalue weighted by Crippen LogP contribution is 2.59. The van der Waals surface area contributed by atoms with Gasteiger partial charge < -0.3 is 14.5 Å². The van der Waals surface area contributed by atoms with Crippen molar-refractivity contribution in [1.29, 1.82) is 0 Å². The van der Waals surface area contributed by atoms with E-state index in [9.17, 15) is 18.0 Å². The number of ether oxygens (including phenoxy) is 1. The average Bonchev–Trinajstić information content (AvgIpc) is 3.48. The number of hydrogen-bond donors (Lipinski definition) is 0. The Hall–Kier alpha value is -4.54. The molecule has 3 aliphatic heterocycles. The van der Waals surface area contributed by atoms with Gasteiger partial charge in [0.15, 0.2) is 0 Å². The van der Waals surface area contributed by atoms with Crippen molar-refractivity contribution in [2.75, 3.05) is 31.0 Å². The van der Waals surface area contributed by atoms with Gasteiger partial charge in [-0.3, -0.25) is 9.59 Å². The molecule has 3 aliphatic rings. The van der Waals surface area contributed by atoms with Crippen molar-refractivity contribution < 1.29 is 22.7 Å². The van der Waals surface area contributed by atoms with E-state index in [4.69, 9.17) is 10.3 Å². The van der Waals surface area contributed by atoms with Crippen LogP contribution < -0.4 is 9.04 Å². The second-order valence-electron chi connectivity index (χ2n) is 10.9. The van der Waals surface area contributed by atoms with Gasteiger partial charge in [0, 0.05) is 18.5 Å². The fraction of sp³-hybridized carbons (Fsp3) is 0.333. The first-order valence-corrected chi connectivity index (χ1v) is 15.1. The van der Waals surface area contributed by atoms with Crippen LogP contribution in [0.3, 0.4) is 0 Å². The molecule has 2 saturated heterocycles. The lowest BCUT2D eigenvalue weighted by Gasteiger charge is -2.41. The molecule has 2 amide bonds. The quantitative estimate of drug-likeness (QED) is 0.170. The van der Waals surface area contributed by atoms with E-state index in [-0.39, 0.29) is 29.7 Å². The van der Waals surface area contributed by atoms with E-state index < -0.39 is 27.6 Å². The molecule has 0 N–H and O–H groups in total. The topological polar surface area (TPSA) is 136 Å². The number of piperazine rings is 1. The predicted octanol–water partition coefficient (Wildman–Crippen LogP) is 3.97. The Morgan fingerprint density at radius 1 is 1.05 bits per heavy atom. The minimum atomic E-state index is -4.21. The van der Waals surface area contributed by atoms with Crippen molar-refractivity contribution in [3.63, 3.8) is 0 Å². The molecular weight excluding hydrogens is 556 g/mol. The summed E-state index contributed by atoms with van der Waals surface area (Å²) < 4.78 is 36.1. The van der Waals surface area contributed by atoms with Crippen LogP contribution in [0.15, 0.2) is 82.8 Å². The normalized spacial score (nSPS) is 22.9. The first kappa shape index (κ1) is 27.6. The molecule has 0 unspecified atom stereocenters. The largest absolute Gasteiger partial charge is 0.494 e. The molecule has 3 heterocycles. The molecule has 2 fully saturated rings. The highest BCUT2D eigenvalue weighted by atomic mass is 32.2. The van der Waals surface area contributed by atoms with Gasteiger partial charge in [0.25, 0.3) is 10.0 Å². The van der Waals surface area contributed by atoms with Crippen LogP contribution in [0.4, 0.5) is 5.69 Å². The lowest BCUT2D eigenvalue weighted by atomic mass is 9.72. The van der Waals surface area contributed by atoms with Gasteiger partial charge in [0.2, 0.25) is 11.8 Å². The number of azide groups is 1. The van der Waals surface area contributed by atoms with Crippen LogP contribution >= 0.6 is 0 Å². The highest BCUT2D eigenvalue weighted by Gasteiger charge is 2.67. The van der Waals surface area contributed by atoms with Gasteiger partial charge in [0.05, 0.1) is 29.1 Å². The molecule has 12 heteroatoms. The molecule has 0 spiro atoms. The van der Waals surface area contributed by atoms with Crippen LogP contribution in [0.2, 0.25) is 0 Å². The second kappa shape index (κ2) is 10.4. The summed E-state index contributed by atoms with van der Waals surface area (Å²) in [4.78, 5) is 32.8. The molecule has 216 valence electrons. The van der Waals surface area contributed by atoms with Gasteiger partial charge in [-0.05, 0) is 66.8 Å². The highest BCUT2D eigenvalue weighted by molar-refractivity contribution is 7.92. The van der Waals surface area contributed by atoms with E-state index >= 15 is 0 Å². The van der Waals surface area contributed by atoms with Crippen LogP contribution in [-0.2, 0) is 25.0 Å². The molecule has 3 aromatic rings. The van der Waals surface area contributed by atoms with Crippen molar-refractivity contribution in [3.05, 3.63) is 99.9 Å². The Morgan fingerprint density at radius 3 is 2.48 bits per heavy atom. The van der Waals surface area contributed by atoms with Crippen LogP contribution in [0.5, 0.6) is 5.75 Å². The number of amides is 2. The van der Waals surface area contributed by atoms with Crippen LogP contribution in [0.25, 0.3) is 10.4 Å². The number of para-hydroxylation sites is 1. The third-order valence-electron chi connectivity index (χ3n) is 8.40. The van der Waals surface area contributed by atoms with Gasteiger partial charge in [0.1, 0.15) is 18.0 Å². The lowest BCUT2D eigenvalue weighted by molar-refractivity contribution is -0.153. The molecular formula is C30H30N6O5S. The molecule has 11 nitrogen and oxygen atoms in total. The number of aryl methyl sites for hydroxylation is 1. The minimum Gasteiger partial charge on any atom is -0.494 e. The number of carbonyl (C=O) groups is 2. The van der Waals surface area contributed by atoms with E-state index in [2.05, 4.69) is 10.0 Å². The lowest BCUT2D eigenvalue weighted by Crippen LogP contribution is -2.62. The van der Waals surface area contributed by atoms with Crippen LogP contribution in [0, 0.1) is 6.92 Å². The summed E-state index contributed by atoms with van der Waals surface area (Å²) in [5, 5.41) is 3.48. The number of benzene rings is 3. The summed E-state index contributed by atoms with van der Waals surface area (Å²) in [5.74, 6) is -0.0164. The summed E-state index contributed by atoms with van der Waals surface area (Å²) in [7, 11) is -2.61. The summed E-state index contributed by atoms with van der Waals surface area (Å²) >= 11 is 0. The number of anilines is 1. The average molecular weight is 587 g/mol. The predicted molar refractivity (Wildman–Crippen MR) is 155 cm³/mol. The Balaban J connectivity index is 1.46. The fourth-order valence-corrected chi connectivity index (χ4v) is 8.18. The van der Waals surface area contributed by atoms with Gasteiger partial charge in [-0.1, -0.05) is 53.1 Å². The summed E-state index contributed by atoms with van der Waals surface area (Å²) in [6, 6.07) is 20.5. The van der Waals surface area contributed by atoms with Crippen molar-refractivity contribution in [2.24, 2.45) is 5.11 Å². The SMILES string of the molecule is Cc1ccc([C@]23C[C@H]4C(=O)N(C)CC(=O)N4[C@H]2N(S(=O)(=O)c2ccc(OCCCN=[N+]=[N-])cc2)c2ccccc23)cc1. The first-order valence-electron chi connectivity index (χ1n) is 13.7. The van der Waals surface area contributed by atoms with Gasteiger partial charge in [-0.25, -0.2) is 12.7 Å². The molecule has 0 aliphatic carbocycles. The van der Waals surface area contributed by atoms with E-state index in [1.54, 1.807) is 31.3 Å². The minimum absolute atomic E-state index is 0.0368. The first-order chi connectivity index (χ1) is 20.2. The standard InChI is InChI=1S/C30H30N6O5S/c1-20-8-10-21(11-9-20)30-18-26-28(38)34(2)19-27(37)35(26)29(30)36(25-7-4-3-6-24(25)30)42(39,40)23-14-12-22(13-15-23)41-17-5-16-32-33-31/h3-4,6-15,26,29H,5,16-19H2,1-2H3/t26-,29-,30-/m0/s1. The third kappa shape index (κ3) is 4.17. The Kier molecular flexibility index (Phi) is 6.83. The van der Waals surface area contributed by atoms with Crippen molar-refractivity contribution in [2.45, 2.75) is 42.3 Å². The van der Waals surface area contributed by atoms with Crippen molar-refractivity contribution in [3.8, 4) is 5.75 Å².